The average Bonchev–Trinajstić information content (AvgIpc) is 3.23. The smallest absolute Gasteiger partial charge is 0.416 e. The Morgan fingerprint density at radius 3 is 2.53 bits per heavy atom. The largest absolute Gasteiger partial charge is 0.492 e. The Balaban J connectivity index is 2.19. The molecule has 34 heavy (non-hydrogen) atoms. The van der Waals surface area contributed by atoms with Crippen molar-refractivity contribution in [3.05, 3.63) is 77.9 Å². The predicted octanol–water partition coefficient (Wildman–Crippen LogP) is 5.62. The molecular formula is C25H31F3N4O2. The van der Waals surface area contributed by atoms with Gasteiger partial charge in [0, 0.05) is 6.54 Å². The minimum atomic E-state index is -4.45. The van der Waals surface area contributed by atoms with Gasteiger partial charge in [0.1, 0.15) is 12.4 Å². The molecule has 9 heteroatoms. The van der Waals surface area contributed by atoms with E-state index in [0.717, 1.165) is 17.7 Å². The molecule has 1 atom stereocenters. The summed E-state index contributed by atoms with van der Waals surface area (Å²) in [5.74, 6) is -0.107. The summed E-state index contributed by atoms with van der Waals surface area (Å²) in [6, 6.07) is -0.361. The Morgan fingerprint density at radius 1 is 1.29 bits per heavy atom. The first-order valence-electron chi connectivity index (χ1n) is 11.1. The molecule has 0 unspecified atom stereocenters. The van der Waals surface area contributed by atoms with E-state index >= 15 is 0 Å². The van der Waals surface area contributed by atoms with Gasteiger partial charge in [-0.05, 0) is 51.8 Å². The monoisotopic (exact) mass is 476 g/mol. The molecule has 1 aromatic heterocycles. The van der Waals surface area contributed by atoms with Crippen LogP contribution in [0.15, 0.2) is 77.9 Å². The minimum absolute atomic E-state index is 0.0754. The molecule has 1 amide bonds. The van der Waals surface area contributed by atoms with Crippen molar-refractivity contribution in [3.63, 3.8) is 0 Å². The van der Waals surface area contributed by atoms with Crippen molar-refractivity contribution in [2.24, 2.45) is 0 Å². The number of hydrogen-bond donors (Lipinski definition) is 0. The maximum atomic E-state index is 13.7. The van der Waals surface area contributed by atoms with Crippen LogP contribution in [-0.4, -0.2) is 51.2 Å². The summed E-state index contributed by atoms with van der Waals surface area (Å²) in [7, 11) is 0. The fourth-order valence-corrected chi connectivity index (χ4v) is 3.53. The molecule has 0 fully saturated rings. The third-order valence-corrected chi connectivity index (χ3v) is 5.37. The fourth-order valence-electron chi connectivity index (χ4n) is 3.53. The zero-order valence-corrected chi connectivity index (χ0v) is 20.0. The van der Waals surface area contributed by atoms with Crippen LogP contribution in [0.1, 0.15) is 40.5 Å². The van der Waals surface area contributed by atoms with Crippen LogP contribution in [0, 0.1) is 0 Å². The topological polar surface area (TPSA) is 60.2 Å². The zero-order chi connectivity index (χ0) is 25.3. The highest BCUT2D eigenvalue weighted by Gasteiger charge is 2.31. The van der Waals surface area contributed by atoms with Crippen LogP contribution in [0.5, 0.6) is 0 Å². The second-order valence-corrected chi connectivity index (χ2v) is 7.63. The molecule has 0 bridgehead atoms. The highest BCUT2D eigenvalue weighted by molar-refractivity contribution is 6.06. The van der Waals surface area contributed by atoms with Crippen molar-refractivity contribution in [2.75, 3.05) is 13.2 Å². The van der Waals surface area contributed by atoms with Gasteiger partial charge in [0.15, 0.2) is 0 Å². The van der Waals surface area contributed by atoms with Crippen molar-refractivity contribution >= 4 is 11.6 Å². The molecule has 1 aliphatic rings. The van der Waals surface area contributed by atoms with Crippen LogP contribution in [0.25, 0.3) is 5.70 Å². The van der Waals surface area contributed by atoms with Crippen molar-refractivity contribution < 1.29 is 22.7 Å². The lowest BCUT2D eigenvalue weighted by atomic mass is 9.99. The van der Waals surface area contributed by atoms with Gasteiger partial charge in [0.05, 0.1) is 35.3 Å². The number of amides is 1. The highest BCUT2D eigenvalue weighted by atomic mass is 19.4. The summed E-state index contributed by atoms with van der Waals surface area (Å²) >= 11 is 0. The fraction of sp³-hybridized carbons (Fsp3) is 0.400. The van der Waals surface area contributed by atoms with Crippen molar-refractivity contribution in [2.45, 2.75) is 52.8 Å². The standard InChI is InChI=1S/C25H31F3N4O2/c1-6-20-11-9-10-12-22(32-29-15-16-30-32)23(20)24(33)31(8-3)18(4)17-34-19(5)13-14-21(7-2)25(26,27)28/h7,9-10,12-16,18H,5-6,8,11,17H2,1-4H3/b14-13-,21-7+/t18-/m0/s1. The van der Waals surface area contributed by atoms with E-state index in [9.17, 15) is 18.0 Å². The van der Waals surface area contributed by atoms with Crippen LogP contribution in [0.2, 0.25) is 0 Å². The Bertz CT molecular complexity index is 1020. The molecule has 0 saturated heterocycles. The maximum Gasteiger partial charge on any atom is 0.416 e. The second kappa shape index (κ2) is 12.2. The lowest BCUT2D eigenvalue weighted by Crippen LogP contribution is -2.42. The summed E-state index contributed by atoms with van der Waals surface area (Å²) in [5, 5.41) is 8.40. The van der Waals surface area contributed by atoms with Gasteiger partial charge in [-0.15, -0.1) is 0 Å². The van der Waals surface area contributed by atoms with E-state index < -0.39 is 11.7 Å². The Labute approximate surface area is 198 Å². The molecule has 1 aliphatic carbocycles. The van der Waals surface area contributed by atoms with Crippen LogP contribution in [0.3, 0.4) is 0 Å². The first-order chi connectivity index (χ1) is 16.1. The Morgan fingerprint density at radius 2 is 1.97 bits per heavy atom. The van der Waals surface area contributed by atoms with E-state index in [1.807, 2.05) is 39.0 Å². The summed E-state index contributed by atoms with van der Waals surface area (Å²) < 4.78 is 44.2. The van der Waals surface area contributed by atoms with Gasteiger partial charge in [-0.3, -0.25) is 4.79 Å². The van der Waals surface area contributed by atoms with Gasteiger partial charge >= 0.3 is 6.18 Å². The van der Waals surface area contributed by atoms with Crippen molar-refractivity contribution in [1.82, 2.24) is 19.9 Å². The molecule has 0 saturated carbocycles. The van der Waals surface area contributed by atoms with Gasteiger partial charge in [-0.25, -0.2) is 0 Å². The predicted molar refractivity (Wildman–Crippen MR) is 126 cm³/mol. The first-order valence-corrected chi connectivity index (χ1v) is 11.1. The third-order valence-electron chi connectivity index (χ3n) is 5.37. The molecule has 0 spiro atoms. The van der Waals surface area contributed by atoms with Gasteiger partial charge in [-0.1, -0.05) is 37.3 Å². The summed E-state index contributed by atoms with van der Waals surface area (Å²) in [6.45, 7) is 11.1. The Hall–Kier alpha value is -3.36. The molecular weight excluding hydrogens is 445 g/mol. The maximum absolute atomic E-state index is 13.7. The molecule has 184 valence electrons. The van der Waals surface area contributed by atoms with Crippen LogP contribution < -0.4 is 0 Å². The average molecular weight is 477 g/mol. The summed E-state index contributed by atoms with van der Waals surface area (Å²) in [4.78, 5) is 16.8. The van der Waals surface area contributed by atoms with Gasteiger partial charge < -0.3 is 9.64 Å². The molecule has 1 aromatic rings. The zero-order valence-electron chi connectivity index (χ0n) is 20.0. The number of carbonyl (C=O) groups is 1. The number of aromatic nitrogens is 3. The molecule has 0 N–H and O–H groups in total. The van der Waals surface area contributed by atoms with Crippen LogP contribution in [0.4, 0.5) is 13.2 Å². The number of hydrogen-bond acceptors (Lipinski definition) is 4. The molecule has 1 heterocycles. The quantitative estimate of drug-likeness (QED) is 0.325. The normalized spacial score (nSPS) is 15.9. The lowest BCUT2D eigenvalue weighted by molar-refractivity contribution is -0.129. The number of alkyl halides is 3. The molecule has 2 rings (SSSR count). The highest BCUT2D eigenvalue weighted by Crippen LogP contribution is 2.29. The number of likely N-dealkylation sites (N-methyl/N-ethyl adjacent to an activating group) is 1. The number of rotatable bonds is 10. The third kappa shape index (κ3) is 6.82. The molecule has 0 aromatic carbocycles. The molecule has 0 aliphatic heterocycles. The molecule has 0 radical (unpaired) electrons. The number of ether oxygens (including phenoxy) is 1. The van der Waals surface area contributed by atoms with Crippen LogP contribution >= 0.6 is 0 Å². The van der Waals surface area contributed by atoms with E-state index in [4.69, 9.17) is 4.74 Å². The van der Waals surface area contributed by atoms with E-state index in [-0.39, 0.29) is 24.3 Å². The number of nitrogens with zero attached hydrogens (tertiary/aromatic N) is 4. The minimum Gasteiger partial charge on any atom is -0.492 e. The number of halogens is 3. The van der Waals surface area contributed by atoms with Gasteiger partial charge in [-0.2, -0.15) is 28.2 Å². The van der Waals surface area contributed by atoms with Gasteiger partial charge in [0.2, 0.25) is 0 Å². The van der Waals surface area contributed by atoms with E-state index in [1.54, 1.807) is 17.3 Å². The Kier molecular flexibility index (Phi) is 9.65. The van der Waals surface area contributed by atoms with E-state index in [2.05, 4.69) is 16.8 Å². The van der Waals surface area contributed by atoms with Crippen LogP contribution in [-0.2, 0) is 9.53 Å². The summed E-state index contributed by atoms with van der Waals surface area (Å²) in [6.07, 6.45) is 8.72. The van der Waals surface area contributed by atoms with Crippen molar-refractivity contribution in [3.8, 4) is 0 Å². The number of carbonyl (C=O) groups excluding carboxylic acids is 1. The second-order valence-electron chi connectivity index (χ2n) is 7.63. The molecule has 6 nitrogen and oxygen atoms in total. The number of allylic oxidation sites excluding steroid dienone is 8. The summed E-state index contributed by atoms with van der Waals surface area (Å²) in [5.41, 5.74) is 1.31. The first kappa shape index (κ1) is 26.9. The van der Waals surface area contributed by atoms with Gasteiger partial charge in [0.25, 0.3) is 5.91 Å². The SMILES string of the molecule is C=C(/C=C\C(=C/C)C(F)(F)F)OC[C@H](C)N(CC)C(=O)C1=C(CC)CC=CC=C1n1nccn1. The van der Waals surface area contributed by atoms with E-state index in [1.165, 1.54) is 17.8 Å². The van der Waals surface area contributed by atoms with E-state index in [0.29, 0.717) is 30.7 Å². The lowest BCUT2D eigenvalue weighted by Gasteiger charge is -2.30. The van der Waals surface area contributed by atoms with Crippen molar-refractivity contribution in [1.29, 1.82) is 0 Å².